The molecule has 2 aromatic rings. The molecule has 10 heteroatoms. The highest BCUT2D eigenvalue weighted by Gasteiger charge is 2.34. The second kappa shape index (κ2) is 8.86. The molecule has 10 nitrogen and oxygen atoms in total. The molecule has 0 radical (unpaired) electrons. The Morgan fingerprint density at radius 3 is 2.93 bits per heavy atom. The Morgan fingerprint density at radius 2 is 2.20 bits per heavy atom. The second-order valence-corrected chi connectivity index (χ2v) is 7.94. The van der Waals surface area contributed by atoms with E-state index in [4.69, 9.17) is 9.47 Å². The van der Waals surface area contributed by atoms with Crippen LogP contribution in [0.15, 0.2) is 18.3 Å². The van der Waals surface area contributed by atoms with Crippen LogP contribution in [0.2, 0.25) is 0 Å². The van der Waals surface area contributed by atoms with Crippen LogP contribution in [0.5, 0.6) is 0 Å². The lowest BCUT2D eigenvalue weighted by Crippen LogP contribution is -2.50. The van der Waals surface area contributed by atoms with E-state index in [9.17, 15) is 9.59 Å². The number of methoxy groups -OCH3 is 1. The van der Waals surface area contributed by atoms with E-state index >= 15 is 0 Å². The van der Waals surface area contributed by atoms with Gasteiger partial charge in [0, 0.05) is 43.6 Å². The van der Waals surface area contributed by atoms with Crippen LogP contribution < -0.4 is 5.32 Å². The monoisotopic (exact) mass is 416 g/mol. The third-order valence-electron chi connectivity index (χ3n) is 5.94. The van der Waals surface area contributed by atoms with Crippen LogP contribution in [-0.2, 0) is 16.0 Å². The van der Waals surface area contributed by atoms with Crippen molar-refractivity contribution in [2.45, 2.75) is 57.2 Å². The molecule has 0 spiro atoms. The number of anilines is 1. The molecule has 3 heterocycles. The number of H-pyrrole nitrogens is 1. The Morgan fingerprint density at radius 1 is 1.33 bits per heavy atom. The van der Waals surface area contributed by atoms with Gasteiger partial charge in [-0.1, -0.05) is 0 Å². The van der Waals surface area contributed by atoms with Crippen LogP contribution >= 0.6 is 0 Å². The maximum Gasteiger partial charge on any atom is 0.410 e. The van der Waals surface area contributed by atoms with Crippen molar-refractivity contribution < 1.29 is 19.1 Å². The van der Waals surface area contributed by atoms with E-state index in [0.29, 0.717) is 24.7 Å². The molecule has 2 N–H and O–H groups in total. The second-order valence-electron chi connectivity index (χ2n) is 7.94. The van der Waals surface area contributed by atoms with Crippen molar-refractivity contribution in [2.75, 3.05) is 25.6 Å². The first-order valence-electron chi connectivity index (χ1n) is 10.4. The van der Waals surface area contributed by atoms with Gasteiger partial charge in [-0.25, -0.2) is 4.79 Å². The summed E-state index contributed by atoms with van der Waals surface area (Å²) < 4.78 is 12.3. The number of hydrogen-bond acceptors (Lipinski definition) is 6. The number of aromatic amines is 1. The zero-order valence-corrected chi connectivity index (χ0v) is 17.3. The lowest BCUT2D eigenvalue weighted by Gasteiger charge is -2.38. The third-order valence-corrected chi connectivity index (χ3v) is 5.94. The Labute approximate surface area is 174 Å². The molecular weight excluding hydrogens is 388 g/mol. The van der Waals surface area contributed by atoms with Gasteiger partial charge < -0.3 is 19.7 Å². The molecule has 4 rings (SSSR count). The van der Waals surface area contributed by atoms with Crippen molar-refractivity contribution in [3.63, 3.8) is 0 Å². The molecule has 2 fully saturated rings. The fourth-order valence-corrected chi connectivity index (χ4v) is 4.00. The summed E-state index contributed by atoms with van der Waals surface area (Å²) in [6.07, 6.45) is 4.84. The minimum Gasteiger partial charge on any atom is -0.446 e. The van der Waals surface area contributed by atoms with Gasteiger partial charge in [0.1, 0.15) is 11.8 Å². The molecule has 162 valence electrons. The van der Waals surface area contributed by atoms with Crippen molar-refractivity contribution in [1.82, 2.24) is 24.9 Å². The highest BCUT2D eigenvalue weighted by atomic mass is 16.6. The number of nitrogens with zero attached hydrogens (tertiary/aromatic N) is 4. The molecule has 2 aromatic heterocycles. The van der Waals surface area contributed by atoms with Gasteiger partial charge >= 0.3 is 6.09 Å². The van der Waals surface area contributed by atoms with Crippen molar-refractivity contribution >= 4 is 17.8 Å². The summed E-state index contributed by atoms with van der Waals surface area (Å²) in [6, 6.07) is 3.78. The molecule has 1 saturated heterocycles. The number of ether oxygens (including phenoxy) is 2. The Bertz CT molecular complexity index is 893. The predicted molar refractivity (Wildman–Crippen MR) is 108 cm³/mol. The topological polar surface area (TPSA) is 114 Å². The van der Waals surface area contributed by atoms with Crippen molar-refractivity contribution in [3.8, 4) is 0 Å². The van der Waals surface area contributed by atoms with E-state index in [0.717, 1.165) is 37.9 Å². The predicted octanol–water partition coefficient (Wildman–Crippen LogP) is 2.37. The van der Waals surface area contributed by atoms with Crippen LogP contribution in [0.4, 0.5) is 10.6 Å². The summed E-state index contributed by atoms with van der Waals surface area (Å²) in [5.41, 5.74) is 1.39. The van der Waals surface area contributed by atoms with Gasteiger partial charge in [-0.15, -0.1) is 0 Å². The van der Waals surface area contributed by atoms with E-state index in [1.54, 1.807) is 29.0 Å². The van der Waals surface area contributed by atoms with E-state index in [2.05, 4.69) is 20.6 Å². The van der Waals surface area contributed by atoms with Gasteiger partial charge in [-0.2, -0.15) is 10.2 Å². The average Bonchev–Trinajstić information content (AvgIpc) is 3.45. The Hall–Kier alpha value is -2.88. The fraction of sp³-hybridized carbons (Fsp3) is 0.600. The third kappa shape index (κ3) is 4.33. The van der Waals surface area contributed by atoms with Gasteiger partial charge in [-0.05, 0) is 38.7 Å². The number of amides is 2. The smallest absolute Gasteiger partial charge is 0.410 e. The fourth-order valence-electron chi connectivity index (χ4n) is 4.00. The number of carbonyl (C=O) groups is 2. The van der Waals surface area contributed by atoms with Gasteiger partial charge in [0.25, 0.3) is 5.91 Å². The van der Waals surface area contributed by atoms with Crippen LogP contribution in [-0.4, -0.2) is 69.3 Å². The summed E-state index contributed by atoms with van der Waals surface area (Å²) in [7, 11) is 1.61. The number of likely N-dealkylation sites (tertiary alicyclic amines) is 1. The SMILES string of the molecule is COCCn1nccc1C(=O)Nc1cc([C@H]2CC[C@@H](OC(=O)N3CC[C@H]3C)C2)[nH]n1. The maximum atomic E-state index is 12.6. The van der Waals surface area contributed by atoms with E-state index < -0.39 is 0 Å². The molecule has 30 heavy (non-hydrogen) atoms. The summed E-state index contributed by atoms with van der Waals surface area (Å²) in [5, 5.41) is 14.2. The first kappa shape index (κ1) is 20.4. The summed E-state index contributed by atoms with van der Waals surface area (Å²) >= 11 is 0. The van der Waals surface area contributed by atoms with Gasteiger partial charge in [0.15, 0.2) is 5.82 Å². The van der Waals surface area contributed by atoms with Crippen molar-refractivity contribution in [3.05, 3.63) is 29.7 Å². The lowest BCUT2D eigenvalue weighted by atomic mass is 10.0. The van der Waals surface area contributed by atoms with Crippen LogP contribution in [0, 0.1) is 0 Å². The van der Waals surface area contributed by atoms with E-state index in [1.165, 1.54) is 0 Å². The van der Waals surface area contributed by atoms with Gasteiger partial charge in [0.05, 0.1) is 13.2 Å². The zero-order valence-electron chi connectivity index (χ0n) is 17.3. The highest BCUT2D eigenvalue weighted by Crippen LogP contribution is 2.36. The summed E-state index contributed by atoms with van der Waals surface area (Å²) in [4.78, 5) is 26.5. The molecule has 1 saturated carbocycles. The lowest BCUT2D eigenvalue weighted by molar-refractivity contribution is 0.0281. The van der Waals surface area contributed by atoms with Crippen LogP contribution in [0.3, 0.4) is 0 Å². The number of nitrogens with one attached hydrogen (secondary N) is 2. The standard InChI is InChI=1S/C20H28N6O4/c1-13-6-8-25(13)20(28)30-15-4-3-14(11-15)16-12-18(24-23-16)22-19(27)17-5-7-21-26(17)9-10-29-2/h5,7,12-15H,3-4,6,8-11H2,1-2H3,(H2,22,23,24,27)/t13-,14+,15-/m1/s1. The number of rotatable bonds is 7. The molecule has 1 aliphatic heterocycles. The van der Waals surface area contributed by atoms with Crippen LogP contribution in [0.1, 0.15) is 54.7 Å². The molecule has 0 unspecified atom stereocenters. The zero-order chi connectivity index (χ0) is 21.1. The number of aromatic nitrogens is 4. The molecule has 0 aromatic carbocycles. The van der Waals surface area contributed by atoms with Crippen LogP contribution in [0.25, 0.3) is 0 Å². The number of hydrogen-bond donors (Lipinski definition) is 2. The quantitative estimate of drug-likeness (QED) is 0.716. The molecule has 2 amide bonds. The molecular formula is C20H28N6O4. The van der Waals surface area contributed by atoms with E-state index in [1.807, 2.05) is 13.0 Å². The van der Waals surface area contributed by atoms with Gasteiger partial charge in [0.2, 0.25) is 0 Å². The minimum atomic E-state index is -0.274. The van der Waals surface area contributed by atoms with Crippen molar-refractivity contribution in [1.29, 1.82) is 0 Å². The minimum absolute atomic E-state index is 0.0771. The van der Waals surface area contributed by atoms with Crippen molar-refractivity contribution in [2.24, 2.45) is 0 Å². The van der Waals surface area contributed by atoms with E-state index in [-0.39, 0.29) is 30.1 Å². The Balaban J connectivity index is 1.30. The van der Waals surface area contributed by atoms with Gasteiger partial charge in [-0.3, -0.25) is 14.6 Å². The Kier molecular flexibility index (Phi) is 6.03. The normalized spacial score (nSPS) is 23.3. The molecule has 0 bridgehead atoms. The number of carbonyl (C=O) groups excluding carboxylic acids is 2. The highest BCUT2D eigenvalue weighted by molar-refractivity contribution is 6.02. The molecule has 2 aliphatic rings. The molecule has 1 aliphatic carbocycles. The summed E-state index contributed by atoms with van der Waals surface area (Å²) in [5.74, 6) is 0.412. The largest absolute Gasteiger partial charge is 0.446 e. The average molecular weight is 416 g/mol. The molecule has 3 atom stereocenters. The summed E-state index contributed by atoms with van der Waals surface area (Å²) in [6.45, 7) is 3.78. The first-order valence-corrected chi connectivity index (χ1v) is 10.4. The first-order chi connectivity index (χ1) is 14.5. The maximum absolute atomic E-state index is 12.6.